The summed E-state index contributed by atoms with van der Waals surface area (Å²) in [6.45, 7) is 7.85. The average molecular weight is 528 g/mol. The second kappa shape index (κ2) is 10.6. The fraction of sp³-hybridized carbons (Fsp3) is 0.333. The van der Waals surface area contributed by atoms with E-state index in [1.54, 1.807) is 31.2 Å². The Morgan fingerprint density at radius 2 is 1.94 bits per heavy atom. The average Bonchev–Trinajstić information content (AvgIpc) is 3.23. The molecule has 1 N–H and O–H groups in total. The maximum absolute atomic E-state index is 13.7. The third-order valence-electron chi connectivity index (χ3n) is 6.56. The van der Waals surface area contributed by atoms with Gasteiger partial charge in [0.2, 0.25) is 15.9 Å². The highest BCUT2D eigenvalue weighted by Gasteiger charge is 2.37. The summed E-state index contributed by atoms with van der Waals surface area (Å²) < 4.78 is 34.2. The molecular weight excluding hydrogens is 498 g/mol. The van der Waals surface area contributed by atoms with Gasteiger partial charge in [-0.1, -0.05) is 52.7 Å². The molecule has 0 spiro atoms. The molecule has 0 bridgehead atoms. The number of anilines is 1. The van der Waals surface area contributed by atoms with Crippen molar-refractivity contribution in [2.75, 3.05) is 18.4 Å². The number of benzene rings is 2. The first-order valence-corrected chi connectivity index (χ1v) is 13.7. The number of hydrogen-bond donors (Lipinski definition) is 1. The monoisotopic (exact) mass is 527 g/mol. The fourth-order valence-corrected chi connectivity index (χ4v) is 6.33. The molecule has 2 aromatic carbocycles. The van der Waals surface area contributed by atoms with Gasteiger partial charge < -0.3 is 9.84 Å². The van der Waals surface area contributed by atoms with Crippen molar-refractivity contribution in [3.8, 4) is 0 Å². The van der Waals surface area contributed by atoms with Gasteiger partial charge in [-0.25, -0.2) is 8.42 Å². The number of hydrogen-bond acceptors (Lipinski definition) is 5. The van der Waals surface area contributed by atoms with Gasteiger partial charge in [0, 0.05) is 23.8 Å². The van der Waals surface area contributed by atoms with Gasteiger partial charge in [0.1, 0.15) is 5.69 Å². The lowest BCUT2D eigenvalue weighted by atomic mass is 9.98. The lowest BCUT2D eigenvalue weighted by Crippen LogP contribution is -2.44. The van der Waals surface area contributed by atoms with Gasteiger partial charge in [0.25, 0.3) is 0 Å². The van der Waals surface area contributed by atoms with Crippen LogP contribution in [0.3, 0.4) is 0 Å². The van der Waals surface area contributed by atoms with E-state index in [4.69, 9.17) is 16.1 Å². The minimum Gasteiger partial charge on any atom is -0.355 e. The number of nitrogens with zero attached hydrogens (tertiary/aromatic N) is 2. The topological polar surface area (TPSA) is 92.5 Å². The molecule has 1 aromatic heterocycles. The van der Waals surface area contributed by atoms with Crippen LogP contribution in [0.5, 0.6) is 0 Å². The van der Waals surface area contributed by atoms with Crippen LogP contribution in [0, 0.1) is 33.6 Å². The summed E-state index contributed by atoms with van der Waals surface area (Å²) in [5.41, 5.74) is 4.83. The van der Waals surface area contributed by atoms with Gasteiger partial charge in [-0.15, -0.1) is 0 Å². The maximum atomic E-state index is 13.7. The lowest BCUT2D eigenvalue weighted by molar-refractivity contribution is -0.120. The molecule has 1 fully saturated rings. The van der Waals surface area contributed by atoms with Crippen molar-refractivity contribution in [3.63, 3.8) is 0 Å². The van der Waals surface area contributed by atoms with E-state index in [1.165, 1.54) is 4.31 Å². The second-order valence-electron chi connectivity index (χ2n) is 9.26. The molecule has 36 heavy (non-hydrogen) atoms. The number of carbonyl (C=O) groups is 1. The molecule has 0 radical (unpaired) electrons. The molecule has 0 aliphatic carbocycles. The Morgan fingerprint density at radius 1 is 1.17 bits per heavy atom. The molecule has 1 amide bonds. The predicted molar refractivity (Wildman–Crippen MR) is 142 cm³/mol. The van der Waals surface area contributed by atoms with Crippen LogP contribution < -0.4 is 5.32 Å². The molecule has 7 nitrogen and oxygen atoms in total. The standard InChI is InChI=1S/C27H30ClN3O4S/c1-17-10-11-18(2)21(15-17)12-13-25-26(20(4)30-35-25)36(33,34)31-14-6-7-22(16-31)27(32)29-24-9-5-8-23(28)19(24)3/h5,8-13,15,22H,6-7,14,16H2,1-4H3,(H,29,32)/b13-12+. The van der Waals surface area contributed by atoms with Crippen molar-refractivity contribution in [1.29, 1.82) is 0 Å². The van der Waals surface area contributed by atoms with Crippen molar-refractivity contribution in [3.05, 3.63) is 75.1 Å². The maximum Gasteiger partial charge on any atom is 0.248 e. The third-order valence-corrected chi connectivity index (χ3v) is 8.99. The minimum atomic E-state index is -3.93. The largest absolute Gasteiger partial charge is 0.355 e. The van der Waals surface area contributed by atoms with Crippen LogP contribution in [0.15, 0.2) is 45.8 Å². The Kier molecular flexibility index (Phi) is 7.68. The van der Waals surface area contributed by atoms with Crippen molar-refractivity contribution in [2.24, 2.45) is 5.92 Å². The Bertz CT molecular complexity index is 1430. The number of halogens is 1. The number of aryl methyl sites for hydroxylation is 3. The van der Waals surface area contributed by atoms with Crippen molar-refractivity contribution < 1.29 is 17.7 Å². The van der Waals surface area contributed by atoms with E-state index < -0.39 is 15.9 Å². The summed E-state index contributed by atoms with van der Waals surface area (Å²) in [4.78, 5) is 13.1. The van der Waals surface area contributed by atoms with Crippen LogP contribution in [0.4, 0.5) is 5.69 Å². The highest BCUT2D eigenvalue weighted by Crippen LogP contribution is 2.30. The zero-order valence-corrected chi connectivity index (χ0v) is 22.4. The normalized spacial score (nSPS) is 17.0. The van der Waals surface area contributed by atoms with E-state index in [0.717, 1.165) is 22.3 Å². The molecule has 1 aliphatic heterocycles. The number of aromatic nitrogens is 1. The Balaban J connectivity index is 1.56. The van der Waals surface area contributed by atoms with Crippen molar-refractivity contribution in [1.82, 2.24) is 9.46 Å². The second-order valence-corrected chi connectivity index (χ2v) is 11.5. The summed E-state index contributed by atoms with van der Waals surface area (Å²) in [5, 5.41) is 7.41. The highest BCUT2D eigenvalue weighted by molar-refractivity contribution is 7.89. The highest BCUT2D eigenvalue weighted by atomic mass is 35.5. The van der Waals surface area contributed by atoms with Crippen LogP contribution in [-0.4, -0.2) is 36.9 Å². The van der Waals surface area contributed by atoms with Crippen LogP contribution in [0.1, 0.15) is 46.5 Å². The van der Waals surface area contributed by atoms with E-state index in [9.17, 15) is 13.2 Å². The molecule has 1 unspecified atom stereocenters. The van der Waals surface area contributed by atoms with Gasteiger partial charge in [-0.05, 0) is 75.4 Å². The smallest absolute Gasteiger partial charge is 0.248 e. The minimum absolute atomic E-state index is 0.0378. The molecule has 3 aromatic rings. The molecule has 1 aliphatic rings. The number of nitrogens with one attached hydrogen (secondary N) is 1. The van der Waals surface area contributed by atoms with E-state index in [0.29, 0.717) is 30.1 Å². The van der Waals surface area contributed by atoms with Gasteiger partial charge in [0.15, 0.2) is 10.7 Å². The van der Waals surface area contributed by atoms with E-state index >= 15 is 0 Å². The molecule has 0 saturated carbocycles. The summed E-state index contributed by atoms with van der Waals surface area (Å²) in [6.07, 6.45) is 4.65. The summed E-state index contributed by atoms with van der Waals surface area (Å²) >= 11 is 6.17. The van der Waals surface area contributed by atoms with E-state index in [1.807, 2.05) is 45.0 Å². The van der Waals surface area contributed by atoms with Gasteiger partial charge in [0.05, 0.1) is 5.92 Å². The van der Waals surface area contributed by atoms with Crippen molar-refractivity contribution in [2.45, 2.75) is 45.4 Å². The van der Waals surface area contributed by atoms with Crippen LogP contribution in [-0.2, 0) is 14.8 Å². The van der Waals surface area contributed by atoms with Gasteiger partial charge >= 0.3 is 0 Å². The molecular formula is C27H30ClN3O4S. The summed E-state index contributed by atoms with van der Waals surface area (Å²) in [5.74, 6) is -0.534. The molecule has 1 saturated heterocycles. The lowest BCUT2D eigenvalue weighted by Gasteiger charge is -2.31. The molecule has 4 rings (SSSR count). The number of piperidine rings is 1. The Labute approximate surface area is 217 Å². The zero-order chi connectivity index (χ0) is 26.0. The number of sulfonamides is 1. The summed E-state index contributed by atoms with van der Waals surface area (Å²) in [6, 6.07) is 11.4. The Morgan fingerprint density at radius 3 is 2.72 bits per heavy atom. The number of rotatable bonds is 6. The van der Waals surface area contributed by atoms with E-state index in [-0.39, 0.29) is 28.8 Å². The first-order chi connectivity index (χ1) is 17.1. The predicted octanol–water partition coefficient (Wildman–Crippen LogP) is 5.77. The fourth-order valence-electron chi connectivity index (χ4n) is 4.39. The van der Waals surface area contributed by atoms with Crippen LogP contribution in [0.25, 0.3) is 12.2 Å². The quantitative estimate of drug-likeness (QED) is 0.439. The molecule has 2 heterocycles. The Hall–Kier alpha value is -2.94. The zero-order valence-electron chi connectivity index (χ0n) is 20.8. The SMILES string of the molecule is Cc1ccc(C)c(/C=C/c2onc(C)c2S(=O)(=O)N2CCCC(C(=O)Nc3cccc(Cl)c3C)C2)c1. The van der Waals surface area contributed by atoms with Crippen molar-refractivity contribution >= 4 is 45.4 Å². The van der Waals surface area contributed by atoms with Gasteiger partial charge in [-0.3, -0.25) is 4.79 Å². The molecule has 1 atom stereocenters. The van der Waals surface area contributed by atoms with Crippen LogP contribution >= 0.6 is 11.6 Å². The third kappa shape index (κ3) is 5.40. The number of amides is 1. The first kappa shape index (κ1) is 26.1. The molecule has 190 valence electrons. The first-order valence-electron chi connectivity index (χ1n) is 11.9. The van der Waals surface area contributed by atoms with Crippen LogP contribution in [0.2, 0.25) is 5.02 Å². The number of carbonyl (C=O) groups excluding carboxylic acids is 1. The summed E-state index contributed by atoms with van der Waals surface area (Å²) in [7, 11) is -3.93. The van der Waals surface area contributed by atoms with E-state index in [2.05, 4.69) is 10.5 Å². The van der Waals surface area contributed by atoms with Gasteiger partial charge in [-0.2, -0.15) is 4.31 Å². The molecule has 9 heteroatoms.